The van der Waals surface area contributed by atoms with Crippen LogP contribution in [0.2, 0.25) is 0 Å². The van der Waals surface area contributed by atoms with Crippen LogP contribution >= 0.6 is 23.1 Å². The van der Waals surface area contributed by atoms with E-state index < -0.39 is 28.1 Å². The van der Waals surface area contributed by atoms with Gasteiger partial charge in [-0.25, -0.2) is 9.78 Å². The molecule has 35 heavy (non-hydrogen) atoms. The second-order valence-electron chi connectivity index (χ2n) is 7.49. The molecule has 11 heteroatoms. The molecule has 0 aliphatic carbocycles. The lowest BCUT2D eigenvalue weighted by Crippen LogP contribution is -2.16. The Bertz CT molecular complexity index is 1480. The van der Waals surface area contributed by atoms with Gasteiger partial charge in [-0.15, -0.1) is 11.3 Å². The number of non-ortho nitro benzene ring substituents is 1. The number of aromatic nitrogens is 1. The zero-order valence-electron chi connectivity index (χ0n) is 18.2. The third-order valence-corrected chi connectivity index (χ3v) is 7.18. The summed E-state index contributed by atoms with van der Waals surface area (Å²) in [5.74, 6) is -1.91. The number of aromatic carboxylic acids is 1. The fourth-order valence-corrected chi connectivity index (χ4v) is 5.21. The van der Waals surface area contributed by atoms with Crippen LogP contribution in [0.5, 0.6) is 0 Å². The Morgan fingerprint density at radius 1 is 1.06 bits per heavy atom. The first-order chi connectivity index (χ1) is 16.7. The molecule has 3 aromatic carbocycles. The Kier molecular flexibility index (Phi) is 6.90. The highest BCUT2D eigenvalue weighted by atomic mass is 32.2. The fraction of sp³-hybridized carbons (Fsp3) is 0.0833. The van der Waals surface area contributed by atoms with Crippen molar-refractivity contribution in [3.63, 3.8) is 0 Å². The van der Waals surface area contributed by atoms with Crippen molar-refractivity contribution in [1.29, 1.82) is 0 Å². The minimum absolute atomic E-state index is 0.000425. The zero-order valence-corrected chi connectivity index (χ0v) is 19.8. The van der Waals surface area contributed by atoms with Gasteiger partial charge in [-0.1, -0.05) is 41.6 Å². The second-order valence-corrected chi connectivity index (χ2v) is 9.74. The molecule has 0 aliphatic heterocycles. The molecule has 2 N–H and O–H groups in total. The van der Waals surface area contributed by atoms with Gasteiger partial charge in [0.15, 0.2) is 10.1 Å². The van der Waals surface area contributed by atoms with Gasteiger partial charge < -0.3 is 10.4 Å². The molecule has 1 amide bonds. The van der Waals surface area contributed by atoms with Crippen LogP contribution < -0.4 is 5.32 Å². The van der Waals surface area contributed by atoms with Crippen molar-refractivity contribution in [3.05, 3.63) is 93.0 Å². The van der Waals surface area contributed by atoms with E-state index in [0.29, 0.717) is 21.1 Å². The van der Waals surface area contributed by atoms with E-state index in [-0.39, 0.29) is 17.1 Å². The summed E-state index contributed by atoms with van der Waals surface area (Å²) in [4.78, 5) is 51.3. The number of anilines is 1. The van der Waals surface area contributed by atoms with Gasteiger partial charge in [0.2, 0.25) is 0 Å². The first kappa shape index (κ1) is 24.0. The third-order valence-electron chi connectivity index (χ3n) is 5.02. The number of thiazole rings is 1. The summed E-state index contributed by atoms with van der Waals surface area (Å²) in [5.41, 5.74) is 1.74. The number of hydrogen-bond acceptors (Lipinski definition) is 8. The summed E-state index contributed by atoms with van der Waals surface area (Å²) >= 11 is 2.70. The highest BCUT2D eigenvalue weighted by Gasteiger charge is 2.21. The van der Waals surface area contributed by atoms with E-state index in [1.807, 2.05) is 19.1 Å². The number of rotatable bonds is 8. The van der Waals surface area contributed by atoms with Gasteiger partial charge in [-0.05, 0) is 31.2 Å². The molecule has 1 aromatic heterocycles. The van der Waals surface area contributed by atoms with Crippen LogP contribution in [0.3, 0.4) is 0 Å². The van der Waals surface area contributed by atoms with Gasteiger partial charge in [0.25, 0.3) is 11.6 Å². The Morgan fingerprint density at radius 2 is 1.80 bits per heavy atom. The number of hydrogen-bond donors (Lipinski definition) is 2. The number of nitro benzene ring substituents is 1. The Morgan fingerprint density at radius 3 is 2.49 bits per heavy atom. The molecular weight excluding hydrogens is 490 g/mol. The van der Waals surface area contributed by atoms with Gasteiger partial charge >= 0.3 is 5.97 Å². The maximum atomic E-state index is 12.7. The summed E-state index contributed by atoms with van der Waals surface area (Å²) in [5, 5.41) is 22.9. The number of benzene rings is 3. The first-order valence-corrected chi connectivity index (χ1v) is 12.0. The van der Waals surface area contributed by atoms with E-state index in [0.717, 1.165) is 28.5 Å². The normalized spacial score (nSPS) is 10.8. The molecule has 176 valence electrons. The lowest BCUT2D eigenvalue weighted by atomic mass is 10.1. The van der Waals surface area contributed by atoms with Crippen LogP contribution in [0.25, 0.3) is 10.2 Å². The van der Waals surface area contributed by atoms with Crippen molar-refractivity contribution in [3.8, 4) is 0 Å². The molecule has 0 radical (unpaired) electrons. The number of ketones is 1. The maximum absolute atomic E-state index is 12.7. The summed E-state index contributed by atoms with van der Waals surface area (Å²) in [7, 11) is 0. The van der Waals surface area contributed by atoms with Crippen LogP contribution in [0.4, 0.5) is 11.4 Å². The summed E-state index contributed by atoms with van der Waals surface area (Å²) in [6.07, 6.45) is 0. The minimum atomic E-state index is -1.45. The standard InChI is InChI=1S/C24H17N3O6S2/c1-13-2-4-14(5-3-13)20(28)12-34-24-26-19-9-6-15(10-21(19)35-24)25-22(29)17-8-7-16(27(32)33)11-18(17)23(30)31/h2-11H,12H2,1H3,(H,25,29)(H,30,31). The van der Waals surface area contributed by atoms with Gasteiger partial charge in [-0.3, -0.25) is 19.7 Å². The number of carboxylic acids is 1. The lowest BCUT2D eigenvalue weighted by molar-refractivity contribution is -0.384. The van der Waals surface area contributed by atoms with Crippen LogP contribution in [0, 0.1) is 17.0 Å². The number of amides is 1. The maximum Gasteiger partial charge on any atom is 0.336 e. The van der Waals surface area contributed by atoms with E-state index in [1.54, 1.807) is 30.3 Å². The number of carboxylic acid groups (broad SMARTS) is 1. The quantitative estimate of drug-likeness (QED) is 0.139. The van der Waals surface area contributed by atoms with Gasteiger partial charge in [0, 0.05) is 23.4 Å². The van der Waals surface area contributed by atoms with Crippen LogP contribution in [0.15, 0.2) is 65.0 Å². The predicted octanol–water partition coefficient (Wildman–Crippen LogP) is 5.44. The first-order valence-electron chi connectivity index (χ1n) is 10.2. The smallest absolute Gasteiger partial charge is 0.336 e. The second kappa shape index (κ2) is 10.0. The summed E-state index contributed by atoms with van der Waals surface area (Å²) in [6.45, 7) is 1.96. The molecule has 4 aromatic rings. The molecule has 9 nitrogen and oxygen atoms in total. The molecule has 0 saturated carbocycles. The molecule has 0 aliphatic rings. The molecule has 0 atom stereocenters. The number of carbonyl (C=O) groups excluding carboxylic acids is 2. The number of thioether (sulfide) groups is 1. The van der Waals surface area contributed by atoms with E-state index in [1.165, 1.54) is 23.1 Å². The van der Waals surface area contributed by atoms with Crippen molar-refractivity contribution in [2.24, 2.45) is 0 Å². The average Bonchev–Trinajstić information content (AvgIpc) is 3.24. The average molecular weight is 508 g/mol. The minimum Gasteiger partial charge on any atom is -0.478 e. The lowest BCUT2D eigenvalue weighted by Gasteiger charge is -2.08. The van der Waals surface area contributed by atoms with Gasteiger partial charge in [0.05, 0.1) is 32.0 Å². The molecule has 0 fully saturated rings. The molecular formula is C24H17N3O6S2. The van der Waals surface area contributed by atoms with E-state index >= 15 is 0 Å². The number of nitrogens with one attached hydrogen (secondary N) is 1. The third kappa shape index (κ3) is 5.53. The van der Waals surface area contributed by atoms with Crippen LogP contribution in [0.1, 0.15) is 36.6 Å². The van der Waals surface area contributed by atoms with Crippen molar-refractivity contribution < 1.29 is 24.4 Å². The van der Waals surface area contributed by atoms with E-state index in [4.69, 9.17) is 0 Å². The molecule has 0 saturated heterocycles. The largest absolute Gasteiger partial charge is 0.478 e. The summed E-state index contributed by atoms with van der Waals surface area (Å²) < 4.78 is 1.47. The number of fused-ring (bicyclic) bond motifs is 1. The molecule has 4 rings (SSSR count). The SMILES string of the molecule is Cc1ccc(C(=O)CSc2nc3ccc(NC(=O)c4ccc([N+](=O)[O-])cc4C(=O)O)cc3s2)cc1. The highest BCUT2D eigenvalue weighted by Crippen LogP contribution is 2.32. The van der Waals surface area contributed by atoms with E-state index in [9.17, 15) is 29.6 Å². The number of Topliss-reactive ketones (excluding diaryl/α,β-unsaturated/α-hetero) is 1. The molecule has 0 unspecified atom stereocenters. The number of carbonyl (C=O) groups is 3. The fourth-order valence-electron chi connectivity index (χ4n) is 3.21. The Balaban J connectivity index is 1.48. The van der Waals surface area contributed by atoms with Crippen molar-refractivity contribution in [2.75, 3.05) is 11.1 Å². The number of aryl methyl sites for hydroxylation is 1. The highest BCUT2D eigenvalue weighted by molar-refractivity contribution is 8.01. The zero-order chi connectivity index (χ0) is 25.1. The van der Waals surface area contributed by atoms with Crippen molar-refractivity contribution in [2.45, 2.75) is 11.3 Å². The Hall–Kier alpha value is -4.09. The predicted molar refractivity (Wildman–Crippen MR) is 134 cm³/mol. The monoisotopic (exact) mass is 507 g/mol. The molecule has 0 bridgehead atoms. The summed E-state index contributed by atoms with van der Waals surface area (Å²) in [6, 6.07) is 15.4. The number of nitrogens with zero attached hydrogens (tertiary/aromatic N) is 2. The molecule has 0 spiro atoms. The van der Waals surface area contributed by atoms with Gasteiger partial charge in [-0.2, -0.15) is 0 Å². The van der Waals surface area contributed by atoms with Crippen molar-refractivity contribution in [1.82, 2.24) is 4.98 Å². The topological polar surface area (TPSA) is 140 Å². The molecule has 1 heterocycles. The van der Waals surface area contributed by atoms with E-state index in [2.05, 4.69) is 10.3 Å². The van der Waals surface area contributed by atoms with Gasteiger partial charge in [0.1, 0.15) is 0 Å². The van der Waals surface area contributed by atoms with Crippen molar-refractivity contribution >= 4 is 62.3 Å². The Labute approximate surface area is 207 Å². The van der Waals surface area contributed by atoms with Crippen LogP contribution in [-0.2, 0) is 0 Å². The number of nitro groups is 1. The van der Waals surface area contributed by atoms with Crippen LogP contribution in [-0.4, -0.2) is 38.4 Å².